The molecule has 0 fully saturated rings. The number of allylic oxidation sites excluding steroid dienone is 5. The van der Waals surface area contributed by atoms with Crippen molar-refractivity contribution in [2.24, 2.45) is 0 Å². The maximum atomic E-state index is 12.6. The van der Waals surface area contributed by atoms with Crippen LogP contribution >= 0.6 is 0 Å². The lowest BCUT2D eigenvalue weighted by atomic mass is 10.0. The molecular weight excluding hydrogens is 520 g/mol. The van der Waals surface area contributed by atoms with Gasteiger partial charge in [-0.3, -0.25) is 9.59 Å². The largest absolute Gasteiger partial charge is 0.481 e. The van der Waals surface area contributed by atoms with Crippen molar-refractivity contribution in [3.8, 4) is 0 Å². The van der Waals surface area contributed by atoms with Gasteiger partial charge in [0.25, 0.3) is 0 Å². The summed E-state index contributed by atoms with van der Waals surface area (Å²) in [6.45, 7) is 4.50. The first kappa shape index (κ1) is 40.2. The molecule has 0 rings (SSSR count). The standard InChI is InChI=1S/C38H68O4/c1-3-5-7-9-11-13-15-16-18-20-22-27-31-35-38(41)42-36(33-29-25-23-26-30-34-37(39)40)32-28-24-21-19-17-14-12-10-8-6-4-2/h12,14,19,21,28,32,36H,3-11,13,15-18,20,22-27,29-31,33-35H2,1-2H3,(H,39,40)/b14-12-,21-19-,32-28-. The Bertz CT molecular complexity index is 679. The topological polar surface area (TPSA) is 63.6 Å². The Hall–Kier alpha value is -1.84. The fourth-order valence-corrected chi connectivity index (χ4v) is 5.17. The lowest BCUT2D eigenvalue weighted by molar-refractivity contribution is -0.147. The van der Waals surface area contributed by atoms with Crippen LogP contribution in [0.4, 0.5) is 0 Å². The van der Waals surface area contributed by atoms with Gasteiger partial charge < -0.3 is 9.84 Å². The van der Waals surface area contributed by atoms with Crippen molar-refractivity contribution in [2.75, 3.05) is 0 Å². The molecule has 244 valence electrons. The van der Waals surface area contributed by atoms with Crippen LogP contribution in [0.15, 0.2) is 36.5 Å². The van der Waals surface area contributed by atoms with Crippen LogP contribution in [0.1, 0.15) is 187 Å². The van der Waals surface area contributed by atoms with Crippen LogP contribution in [0.5, 0.6) is 0 Å². The van der Waals surface area contributed by atoms with E-state index in [0.717, 1.165) is 64.2 Å². The van der Waals surface area contributed by atoms with E-state index in [0.29, 0.717) is 6.42 Å². The van der Waals surface area contributed by atoms with Crippen molar-refractivity contribution in [3.05, 3.63) is 36.5 Å². The van der Waals surface area contributed by atoms with Gasteiger partial charge in [-0.1, -0.05) is 153 Å². The third-order valence-electron chi connectivity index (χ3n) is 7.85. The first-order valence-corrected chi connectivity index (χ1v) is 18.0. The molecular formula is C38H68O4. The molecule has 0 bridgehead atoms. The molecule has 1 N–H and O–H groups in total. The molecule has 0 aliphatic carbocycles. The van der Waals surface area contributed by atoms with Crippen molar-refractivity contribution in [1.82, 2.24) is 0 Å². The van der Waals surface area contributed by atoms with E-state index in [1.807, 2.05) is 0 Å². The molecule has 0 aliphatic rings. The maximum Gasteiger partial charge on any atom is 0.306 e. The molecule has 1 atom stereocenters. The first-order chi connectivity index (χ1) is 20.6. The number of carbonyl (C=O) groups is 2. The molecule has 0 saturated heterocycles. The van der Waals surface area contributed by atoms with Crippen molar-refractivity contribution in [2.45, 2.75) is 193 Å². The van der Waals surface area contributed by atoms with E-state index in [1.54, 1.807) is 0 Å². The molecule has 0 aliphatic heterocycles. The van der Waals surface area contributed by atoms with E-state index in [-0.39, 0.29) is 18.5 Å². The van der Waals surface area contributed by atoms with Crippen LogP contribution in [0.2, 0.25) is 0 Å². The zero-order valence-electron chi connectivity index (χ0n) is 27.8. The highest BCUT2D eigenvalue weighted by molar-refractivity contribution is 5.69. The van der Waals surface area contributed by atoms with Gasteiger partial charge in [0.1, 0.15) is 6.10 Å². The molecule has 0 aromatic heterocycles. The summed E-state index contributed by atoms with van der Waals surface area (Å²) >= 11 is 0. The van der Waals surface area contributed by atoms with Crippen LogP contribution in [-0.2, 0) is 14.3 Å². The number of carbonyl (C=O) groups excluding carboxylic acids is 1. The van der Waals surface area contributed by atoms with Gasteiger partial charge in [-0.15, -0.1) is 0 Å². The molecule has 0 heterocycles. The van der Waals surface area contributed by atoms with E-state index in [1.165, 1.54) is 96.3 Å². The third kappa shape index (κ3) is 32.7. The second-order valence-electron chi connectivity index (χ2n) is 12.1. The Morgan fingerprint density at radius 2 is 1.00 bits per heavy atom. The highest BCUT2D eigenvalue weighted by atomic mass is 16.5. The van der Waals surface area contributed by atoms with Gasteiger partial charge in [-0.05, 0) is 57.4 Å². The fourth-order valence-electron chi connectivity index (χ4n) is 5.17. The lowest BCUT2D eigenvalue weighted by Gasteiger charge is -2.14. The number of hydrogen-bond acceptors (Lipinski definition) is 3. The Balaban J connectivity index is 4.19. The molecule has 0 aromatic rings. The molecule has 0 amide bonds. The quantitative estimate of drug-likeness (QED) is 0.0482. The Labute approximate surface area is 260 Å². The zero-order chi connectivity index (χ0) is 30.8. The van der Waals surface area contributed by atoms with Crippen LogP contribution in [-0.4, -0.2) is 23.1 Å². The first-order valence-electron chi connectivity index (χ1n) is 18.0. The van der Waals surface area contributed by atoms with Gasteiger partial charge in [-0.2, -0.15) is 0 Å². The number of unbranched alkanes of at least 4 members (excludes halogenated alkanes) is 19. The van der Waals surface area contributed by atoms with Crippen LogP contribution in [0.3, 0.4) is 0 Å². The molecule has 0 saturated carbocycles. The molecule has 42 heavy (non-hydrogen) atoms. The minimum Gasteiger partial charge on any atom is -0.481 e. The van der Waals surface area contributed by atoms with Crippen molar-refractivity contribution in [1.29, 1.82) is 0 Å². The van der Waals surface area contributed by atoms with E-state index in [9.17, 15) is 9.59 Å². The number of hydrogen-bond donors (Lipinski definition) is 1. The summed E-state index contributed by atoms with van der Waals surface area (Å²) in [5.74, 6) is -0.786. The Kier molecular flexibility index (Phi) is 32.2. The second kappa shape index (κ2) is 33.7. The summed E-state index contributed by atoms with van der Waals surface area (Å²) in [4.78, 5) is 23.2. The summed E-state index contributed by atoms with van der Waals surface area (Å²) in [6.07, 6.45) is 43.1. The third-order valence-corrected chi connectivity index (χ3v) is 7.85. The lowest BCUT2D eigenvalue weighted by Crippen LogP contribution is -2.16. The Morgan fingerprint density at radius 3 is 1.57 bits per heavy atom. The summed E-state index contributed by atoms with van der Waals surface area (Å²) < 4.78 is 5.87. The summed E-state index contributed by atoms with van der Waals surface area (Å²) in [7, 11) is 0. The molecule has 0 radical (unpaired) electrons. The van der Waals surface area contributed by atoms with Gasteiger partial charge in [-0.25, -0.2) is 0 Å². The highest BCUT2D eigenvalue weighted by Gasteiger charge is 2.11. The zero-order valence-corrected chi connectivity index (χ0v) is 27.8. The maximum absolute atomic E-state index is 12.6. The van der Waals surface area contributed by atoms with Crippen LogP contribution in [0, 0.1) is 0 Å². The fraction of sp³-hybridized carbons (Fsp3) is 0.789. The van der Waals surface area contributed by atoms with E-state index < -0.39 is 5.97 Å². The van der Waals surface area contributed by atoms with Gasteiger partial charge in [0.15, 0.2) is 0 Å². The number of ether oxygens (including phenoxy) is 1. The number of rotatable bonds is 32. The predicted octanol–water partition coefficient (Wildman–Crippen LogP) is 12.2. The molecule has 0 spiro atoms. The Morgan fingerprint density at radius 1 is 0.548 bits per heavy atom. The van der Waals surface area contributed by atoms with Crippen molar-refractivity contribution in [3.63, 3.8) is 0 Å². The average Bonchev–Trinajstić information content (AvgIpc) is 2.97. The molecule has 4 nitrogen and oxygen atoms in total. The van der Waals surface area contributed by atoms with E-state index in [4.69, 9.17) is 9.84 Å². The molecule has 4 heteroatoms. The van der Waals surface area contributed by atoms with Gasteiger partial charge in [0.05, 0.1) is 0 Å². The normalized spacial score (nSPS) is 12.6. The van der Waals surface area contributed by atoms with Gasteiger partial charge >= 0.3 is 11.9 Å². The number of carboxylic acids is 1. The smallest absolute Gasteiger partial charge is 0.306 e. The van der Waals surface area contributed by atoms with Crippen molar-refractivity contribution >= 4 is 11.9 Å². The SMILES string of the molecule is CCCCC/C=C\C/C=C\C/C=C\C(CCCCCCCC(=O)O)OC(=O)CCCCCCCCCCCCCCC. The summed E-state index contributed by atoms with van der Waals surface area (Å²) in [5.41, 5.74) is 0. The van der Waals surface area contributed by atoms with Gasteiger partial charge in [0.2, 0.25) is 0 Å². The number of aliphatic carboxylic acids is 1. The second-order valence-corrected chi connectivity index (χ2v) is 12.1. The average molecular weight is 589 g/mol. The van der Waals surface area contributed by atoms with Gasteiger partial charge in [0, 0.05) is 12.8 Å². The number of esters is 1. The van der Waals surface area contributed by atoms with Crippen molar-refractivity contribution < 1.29 is 19.4 Å². The van der Waals surface area contributed by atoms with Crippen LogP contribution < -0.4 is 0 Å². The number of carboxylic acid groups (broad SMARTS) is 1. The monoisotopic (exact) mass is 589 g/mol. The predicted molar refractivity (Wildman–Crippen MR) is 181 cm³/mol. The summed E-state index contributed by atoms with van der Waals surface area (Å²) in [5, 5.41) is 8.78. The summed E-state index contributed by atoms with van der Waals surface area (Å²) in [6, 6.07) is 0. The minimum absolute atomic E-state index is 0.0714. The van der Waals surface area contributed by atoms with E-state index in [2.05, 4.69) is 50.3 Å². The van der Waals surface area contributed by atoms with Crippen LogP contribution in [0.25, 0.3) is 0 Å². The van der Waals surface area contributed by atoms with E-state index >= 15 is 0 Å². The minimum atomic E-state index is -0.715. The highest BCUT2D eigenvalue weighted by Crippen LogP contribution is 2.15. The molecule has 0 aromatic carbocycles. The molecule has 1 unspecified atom stereocenters.